The van der Waals surface area contributed by atoms with Crippen LogP contribution in [0.1, 0.15) is 55.2 Å². The van der Waals surface area contributed by atoms with Crippen molar-refractivity contribution in [1.82, 2.24) is 14.9 Å². The third-order valence-corrected chi connectivity index (χ3v) is 5.68. The van der Waals surface area contributed by atoms with E-state index in [9.17, 15) is 14.4 Å². The van der Waals surface area contributed by atoms with Gasteiger partial charge >= 0.3 is 11.1 Å². The molecule has 6 heteroatoms. The summed E-state index contributed by atoms with van der Waals surface area (Å²) in [5.74, 6) is 0.628. The van der Waals surface area contributed by atoms with Crippen LogP contribution in [0.25, 0.3) is 11.0 Å². The van der Waals surface area contributed by atoms with Crippen molar-refractivity contribution < 1.29 is 4.79 Å². The zero-order valence-electron chi connectivity index (χ0n) is 15.8. The molecular formula is C20H27N3O3. The number of nitrogens with zero attached hydrogens (tertiary/aromatic N) is 1. The maximum absolute atomic E-state index is 12.7. The molecule has 0 radical (unpaired) electrons. The Morgan fingerprint density at radius 2 is 1.77 bits per heavy atom. The van der Waals surface area contributed by atoms with Crippen molar-refractivity contribution in [2.24, 2.45) is 5.92 Å². The van der Waals surface area contributed by atoms with Gasteiger partial charge in [-0.3, -0.25) is 14.4 Å². The number of hydrogen-bond donors (Lipinski definition) is 2. The maximum Gasteiger partial charge on any atom is 0.314 e. The predicted octanol–water partition coefficient (Wildman–Crippen LogP) is 2.76. The Kier molecular flexibility index (Phi) is 5.30. The molecule has 1 saturated carbocycles. The minimum absolute atomic E-state index is 0.137. The fourth-order valence-corrected chi connectivity index (χ4v) is 3.89. The summed E-state index contributed by atoms with van der Waals surface area (Å²) >= 11 is 0. The molecule has 2 aromatic rings. The SMILES string of the molecule is Cc1cc2[nH]c(=O)c(=O)[nH]c2c(CN(C)C(=O)CC2CCCCC2)c1C. The fourth-order valence-electron chi connectivity index (χ4n) is 3.89. The second kappa shape index (κ2) is 7.48. The minimum atomic E-state index is -0.668. The van der Waals surface area contributed by atoms with E-state index in [0.29, 0.717) is 29.9 Å². The molecule has 1 aliphatic carbocycles. The van der Waals surface area contributed by atoms with Gasteiger partial charge in [-0.1, -0.05) is 19.3 Å². The highest BCUT2D eigenvalue weighted by Crippen LogP contribution is 2.28. The number of aryl methyl sites for hydroxylation is 1. The van der Waals surface area contributed by atoms with Crippen LogP contribution in [-0.2, 0) is 11.3 Å². The summed E-state index contributed by atoms with van der Waals surface area (Å²) in [5, 5.41) is 0. The number of aromatic nitrogens is 2. The third kappa shape index (κ3) is 3.74. The molecule has 1 aromatic heterocycles. The molecule has 0 spiro atoms. The van der Waals surface area contributed by atoms with Crippen LogP contribution >= 0.6 is 0 Å². The molecule has 0 saturated heterocycles. The number of hydrogen-bond acceptors (Lipinski definition) is 3. The number of aromatic amines is 2. The average molecular weight is 357 g/mol. The highest BCUT2D eigenvalue weighted by Gasteiger charge is 2.21. The molecule has 0 atom stereocenters. The Labute approximate surface area is 152 Å². The predicted molar refractivity (Wildman–Crippen MR) is 102 cm³/mol. The number of rotatable bonds is 4. The Morgan fingerprint density at radius 3 is 2.46 bits per heavy atom. The van der Waals surface area contributed by atoms with E-state index in [4.69, 9.17) is 0 Å². The highest BCUT2D eigenvalue weighted by molar-refractivity contribution is 5.81. The van der Waals surface area contributed by atoms with E-state index in [2.05, 4.69) is 9.97 Å². The Morgan fingerprint density at radius 1 is 1.12 bits per heavy atom. The lowest BCUT2D eigenvalue weighted by atomic mass is 9.86. The molecule has 1 heterocycles. The van der Waals surface area contributed by atoms with Crippen LogP contribution in [-0.4, -0.2) is 27.8 Å². The smallest absolute Gasteiger partial charge is 0.314 e. The number of carbonyl (C=O) groups is 1. The summed E-state index contributed by atoms with van der Waals surface area (Å²) in [7, 11) is 1.81. The van der Waals surface area contributed by atoms with Gasteiger partial charge in [-0.15, -0.1) is 0 Å². The molecule has 26 heavy (non-hydrogen) atoms. The second-order valence-electron chi connectivity index (χ2n) is 7.59. The first-order valence-corrected chi connectivity index (χ1v) is 9.36. The molecule has 0 aliphatic heterocycles. The highest BCUT2D eigenvalue weighted by atomic mass is 16.2. The average Bonchev–Trinajstić information content (AvgIpc) is 2.61. The van der Waals surface area contributed by atoms with Gasteiger partial charge in [-0.25, -0.2) is 0 Å². The summed E-state index contributed by atoms with van der Waals surface area (Å²) in [4.78, 5) is 43.1. The van der Waals surface area contributed by atoms with Crippen molar-refractivity contribution in [2.75, 3.05) is 7.05 Å². The topological polar surface area (TPSA) is 86.0 Å². The molecule has 6 nitrogen and oxygen atoms in total. The van der Waals surface area contributed by atoms with Crippen molar-refractivity contribution in [3.8, 4) is 0 Å². The standard InChI is InChI=1S/C20H27N3O3/c1-12-9-16-18(22-20(26)19(25)21-16)15(13(12)2)11-23(3)17(24)10-14-7-5-4-6-8-14/h9,14H,4-8,10-11H2,1-3H3,(H,21,25)(H,22,26). The molecule has 0 bridgehead atoms. The van der Waals surface area contributed by atoms with Gasteiger partial charge in [0.25, 0.3) is 0 Å². The van der Waals surface area contributed by atoms with Gasteiger partial charge in [0.1, 0.15) is 0 Å². The van der Waals surface area contributed by atoms with Gasteiger partial charge in [0.05, 0.1) is 11.0 Å². The number of fused-ring (bicyclic) bond motifs is 1. The number of carbonyl (C=O) groups excluding carboxylic acids is 1. The van der Waals surface area contributed by atoms with Crippen molar-refractivity contribution in [1.29, 1.82) is 0 Å². The van der Waals surface area contributed by atoms with Gasteiger partial charge in [0.2, 0.25) is 5.91 Å². The van der Waals surface area contributed by atoms with E-state index in [1.54, 1.807) is 4.90 Å². The summed E-state index contributed by atoms with van der Waals surface area (Å²) in [6.07, 6.45) is 6.59. The van der Waals surface area contributed by atoms with Crippen LogP contribution in [0.3, 0.4) is 0 Å². The molecular weight excluding hydrogens is 330 g/mol. The molecule has 0 unspecified atom stereocenters. The lowest BCUT2D eigenvalue weighted by Gasteiger charge is -2.25. The number of H-pyrrole nitrogens is 2. The maximum atomic E-state index is 12.7. The Bertz CT molecular complexity index is 936. The van der Waals surface area contributed by atoms with Crippen molar-refractivity contribution in [2.45, 2.75) is 58.9 Å². The van der Waals surface area contributed by atoms with Gasteiger partial charge in [-0.05, 0) is 49.8 Å². The first kappa shape index (κ1) is 18.4. The van der Waals surface area contributed by atoms with Crippen molar-refractivity contribution in [3.05, 3.63) is 43.5 Å². The first-order valence-electron chi connectivity index (χ1n) is 9.36. The Balaban J connectivity index is 1.88. The van der Waals surface area contributed by atoms with Crippen molar-refractivity contribution >= 4 is 16.9 Å². The summed E-state index contributed by atoms with van der Waals surface area (Å²) in [5.41, 5.74) is 2.80. The van der Waals surface area contributed by atoms with Crippen LogP contribution in [0.4, 0.5) is 0 Å². The van der Waals surface area contributed by atoms with Gasteiger partial charge < -0.3 is 14.9 Å². The molecule has 140 valence electrons. The monoisotopic (exact) mass is 357 g/mol. The molecule has 1 aliphatic rings. The summed E-state index contributed by atoms with van der Waals surface area (Å²) in [6.45, 7) is 4.36. The zero-order chi connectivity index (χ0) is 18.8. The lowest BCUT2D eigenvalue weighted by molar-refractivity contribution is -0.131. The summed E-state index contributed by atoms with van der Waals surface area (Å²) < 4.78 is 0. The van der Waals surface area contributed by atoms with E-state index < -0.39 is 11.1 Å². The van der Waals surface area contributed by atoms with Crippen molar-refractivity contribution in [3.63, 3.8) is 0 Å². The van der Waals surface area contributed by atoms with E-state index >= 15 is 0 Å². The largest absolute Gasteiger partial charge is 0.341 e. The van der Waals surface area contributed by atoms with Gasteiger partial charge in [0.15, 0.2) is 0 Å². The molecule has 2 N–H and O–H groups in total. The molecule has 3 rings (SSSR count). The van der Waals surface area contributed by atoms with Gasteiger partial charge in [-0.2, -0.15) is 0 Å². The summed E-state index contributed by atoms with van der Waals surface area (Å²) in [6, 6.07) is 1.86. The number of amides is 1. The van der Waals surface area contributed by atoms with E-state index in [-0.39, 0.29) is 5.91 Å². The van der Waals surface area contributed by atoms with Crippen LogP contribution in [0.15, 0.2) is 15.7 Å². The normalized spacial score (nSPS) is 15.3. The minimum Gasteiger partial charge on any atom is -0.341 e. The van der Waals surface area contributed by atoms with Crippen LogP contribution < -0.4 is 11.1 Å². The van der Waals surface area contributed by atoms with Crippen LogP contribution in [0.5, 0.6) is 0 Å². The number of nitrogens with one attached hydrogen (secondary N) is 2. The van der Waals surface area contributed by atoms with E-state index in [1.165, 1.54) is 19.3 Å². The van der Waals surface area contributed by atoms with E-state index in [0.717, 1.165) is 29.5 Å². The fraction of sp³-hybridized carbons (Fsp3) is 0.550. The quantitative estimate of drug-likeness (QED) is 0.825. The molecule has 1 fully saturated rings. The Hall–Kier alpha value is -2.37. The third-order valence-electron chi connectivity index (χ3n) is 5.68. The van der Waals surface area contributed by atoms with Crippen LogP contribution in [0, 0.1) is 19.8 Å². The number of benzene rings is 1. The first-order chi connectivity index (χ1) is 12.4. The van der Waals surface area contributed by atoms with E-state index in [1.807, 2.05) is 27.0 Å². The second-order valence-corrected chi connectivity index (χ2v) is 7.59. The molecule has 1 amide bonds. The van der Waals surface area contributed by atoms with Crippen LogP contribution in [0.2, 0.25) is 0 Å². The van der Waals surface area contributed by atoms with Gasteiger partial charge in [0, 0.05) is 25.6 Å². The molecule has 1 aromatic carbocycles. The zero-order valence-corrected chi connectivity index (χ0v) is 15.8. The lowest BCUT2D eigenvalue weighted by Crippen LogP contribution is -2.31.